The molecule has 2 heterocycles. The van der Waals surface area contributed by atoms with Gasteiger partial charge in [-0.15, -0.1) is 0 Å². The normalized spacial score (nSPS) is 19.9. The molecule has 0 saturated heterocycles. The minimum absolute atomic E-state index is 0.0572. The van der Waals surface area contributed by atoms with Crippen molar-refractivity contribution >= 4 is 27.5 Å². The second kappa shape index (κ2) is 6.95. The summed E-state index contributed by atoms with van der Waals surface area (Å²) in [6, 6.07) is 16.7. The lowest BCUT2D eigenvalue weighted by molar-refractivity contribution is -0.118. The molecule has 2 aromatic carbocycles. The van der Waals surface area contributed by atoms with Gasteiger partial charge in [-0.05, 0) is 42.0 Å². The van der Waals surface area contributed by atoms with E-state index in [1.165, 1.54) is 5.56 Å². The van der Waals surface area contributed by atoms with Crippen molar-refractivity contribution in [3.63, 3.8) is 0 Å². The van der Waals surface area contributed by atoms with Crippen LogP contribution < -0.4 is 5.32 Å². The number of allylic oxidation sites excluding steroid dienone is 2. The molecule has 3 aromatic rings. The molecule has 0 radical (unpaired) electrons. The number of hydrogen-bond donors (Lipinski definition) is 2. The molecule has 30 heavy (non-hydrogen) atoms. The lowest BCUT2D eigenvalue weighted by Gasteiger charge is -2.38. The highest BCUT2D eigenvalue weighted by molar-refractivity contribution is 9.10. The van der Waals surface area contributed by atoms with E-state index in [0.717, 1.165) is 50.4 Å². The number of rotatable bonds is 2. The molecule has 4 nitrogen and oxygen atoms in total. The Labute approximate surface area is 184 Å². The van der Waals surface area contributed by atoms with Crippen molar-refractivity contribution in [1.29, 1.82) is 0 Å². The van der Waals surface area contributed by atoms with Crippen LogP contribution in [0.5, 0.6) is 0 Å². The lowest BCUT2D eigenvalue weighted by Crippen LogP contribution is -2.33. The maximum absolute atomic E-state index is 13.4. The molecule has 0 amide bonds. The Hall–Kier alpha value is -2.66. The number of carbonyl (C=O) groups excluding carboxylic acids is 1. The van der Waals surface area contributed by atoms with Gasteiger partial charge in [0, 0.05) is 33.6 Å². The van der Waals surface area contributed by atoms with Gasteiger partial charge in [0.2, 0.25) is 0 Å². The first-order chi connectivity index (χ1) is 14.3. The number of aryl methyl sites for hydroxylation is 1. The molecule has 5 heteroatoms. The fourth-order valence-corrected chi connectivity index (χ4v) is 5.17. The summed E-state index contributed by atoms with van der Waals surface area (Å²) in [5.74, 6) is 0.896. The van der Waals surface area contributed by atoms with Crippen LogP contribution in [0.4, 0.5) is 5.82 Å². The van der Waals surface area contributed by atoms with E-state index in [9.17, 15) is 4.79 Å². The molecule has 1 atom stereocenters. The largest absolute Gasteiger partial charge is 0.342 e. The number of nitrogens with zero attached hydrogens (tertiary/aromatic N) is 1. The smallest absolute Gasteiger partial charge is 0.162 e. The quantitative estimate of drug-likeness (QED) is 0.467. The van der Waals surface area contributed by atoms with Gasteiger partial charge in [0.15, 0.2) is 11.6 Å². The zero-order valence-electron chi connectivity index (χ0n) is 17.3. The summed E-state index contributed by atoms with van der Waals surface area (Å²) in [5, 5.41) is 11.4. The molecule has 1 aromatic heterocycles. The van der Waals surface area contributed by atoms with E-state index in [0.29, 0.717) is 6.42 Å². The van der Waals surface area contributed by atoms with Crippen molar-refractivity contribution in [3.05, 3.63) is 81.0 Å². The summed E-state index contributed by atoms with van der Waals surface area (Å²) < 4.78 is 1.01. The van der Waals surface area contributed by atoms with E-state index in [-0.39, 0.29) is 17.1 Å². The number of Topliss-reactive ketones (excluding diaryl/α,β-unsaturated/α-hetero) is 1. The fourth-order valence-electron chi connectivity index (χ4n) is 4.76. The predicted molar refractivity (Wildman–Crippen MR) is 123 cm³/mol. The molecule has 1 aliphatic heterocycles. The van der Waals surface area contributed by atoms with Crippen molar-refractivity contribution in [2.45, 2.75) is 39.5 Å². The van der Waals surface area contributed by atoms with Crippen molar-refractivity contribution in [1.82, 2.24) is 10.2 Å². The van der Waals surface area contributed by atoms with E-state index in [1.807, 2.05) is 12.1 Å². The lowest BCUT2D eigenvalue weighted by atomic mass is 9.69. The average molecular weight is 462 g/mol. The maximum Gasteiger partial charge on any atom is 0.162 e. The molecular weight excluding hydrogens is 438 g/mol. The molecule has 5 rings (SSSR count). The summed E-state index contributed by atoms with van der Waals surface area (Å²) in [7, 11) is 0. The molecule has 0 bridgehead atoms. The Bertz CT molecular complexity index is 1190. The second-order valence-corrected chi connectivity index (χ2v) is 10.1. The number of aromatic nitrogens is 2. The van der Waals surface area contributed by atoms with E-state index in [1.54, 1.807) is 0 Å². The highest BCUT2D eigenvalue weighted by atomic mass is 79.9. The van der Waals surface area contributed by atoms with E-state index in [4.69, 9.17) is 0 Å². The van der Waals surface area contributed by atoms with Crippen molar-refractivity contribution in [2.75, 3.05) is 5.32 Å². The van der Waals surface area contributed by atoms with Gasteiger partial charge in [-0.3, -0.25) is 9.89 Å². The third-order valence-electron chi connectivity index (χ3n) is 6.09. The van der Waals surface area contributed by atoms with Crippen LogP contribution in [0.3, 0.4) is 0 Å². The first kappa shape index (κ1) is 19.3. The average Bonchev–Trinajstić information content (AvgIpc) is 3.09. The van der Waals surface area contributed by atoms with Gasteiger partial charge in [0.1, 0.15) is 0 Å². The van der Waals surface area contributed by atoms with Crippen LogP contribution >= 0.6 is 15.9 Å². The van der Waals surface area contributed by atoms with Gasteiger partial charge in [0.05, 0.1) is 5.69 Å². The van der Waals surface area contributed by atoms with Crippen LogP contribution in [0, 0.1) is 12.3 Å². The Morgan fingerprint density at radius 3 is 2.60 bits per heavy atom. The zero-order chi connectivity index (χ0) is 21.0. The van der Waals surface area contributed by atoms with E-state index < -0.39 is 0 Å². The highest BCUT2D eigenvalue weighted by Gasteiger charge is 2.42. The first-order valence-electron chi connectivity index (χ1n) is 10.3. The molecule has 0 spiro atoms. The number of fused-ring (bicyclic) bond motifs is 1. The van der Waals surface area contributed by atoms with Crippen molar-refractivity contribution < 1.29 is 4.79 Å². The third kappa shape index (κ3) is 3.21. The highest BCUT2D eigenvalue weighted by Crippen LogP contribution is 2.51. The van der Waals surface area contributed by atoms with Gasteiger partial charge in [0.25, 0.3) is 0 Å². The van der Waals surface area contributed by atoms with Gasteiger partial charge in [-0.2, -0.15) is 5.10 Å². The fraction of sp³-hybridized carbons (Fsp3) is 0.280. The number of halogens is 1. The summed E-state index contributed by atoms with van der Waals surface area (Å²) in [5.41, 5.74) is 7.23. The van der Waals surface area contributed by atoms with E-state index >= 15 is 0 Å². The third-order valence-corrected chi connectivity index (χ3v) is 6.59. The SMILES string of the molecule is Cc1ccc(-c2[nH]nc3c2[C@@H](c2cccc(Br)c2)C2=C(CC(C)(C)CC2=O)N3)cc1. The first-order valence-corrected chi connectivity index (χ1v) is 11.1. The van der Waals surface area contributed by atoms with Gasteiger partial charge in [-0.25, -0.2) is 0 Å². The van der Waals surface area contributed by atoms with E-state index in [2.05, 4.69) is 88.6 Å². The van der Waals surface area contributed by atoms with Crippen LogP contribution in [-0.2, 0) is 4.79 Å². The standard InChI is InChI=1S/C25H24BrN3O/c1-14-7-9-15(10-8-14)23-22-20(16-5-4-6-17(26)11-16)21-18(27-24(22)29-28-23)12-25(2,3)13-19(21)30/h4-11,20H,12-13H2,1-3H3,(H2,27,28,29)/t20-/m0/s1. The zero-order valence-corrected chi connectivity index (χ0v) is 18.9. The number of aromatic amines is 1. The molecule has 1 aliphatic carbocycles. The molecule has 2 aliphatic rings. The number of H-pyrrole nitrogens is 1. The predicted octanol–water partition coefficient (Wildman–Crippen LogP) is 6.35. The topological polar surface area (TPSA) is 57.8 Å². The number of ketones is 1. The van der Waals surface area contributed by atoms with Crippen LogP contribution in [0.25, 0.3) is 11.3 Å². The Morgan fingerprint density at radius 2 is 1.87 bits per heavy atom. The van der Waals surface area contributed by atoms with Crippen LogP contribution in [0.15, 0.2) is 64.3 Å². The number of benzene rings is 2. The van der Waals surface area contributed by atoms with Gasteiger partial charge in [-0.1, -0.05) is 71.7 Å². The summed E-state index contributed by atoms with van der Waals surface area (Å²) >= 11 is 3.61. The van der Waals surface area contributed by atoms with Gasteiger partial charge < -0.3 is 5.32 Å². The van der Waals surface area contributed by atoms with Crippen LogP contribution in [0.1, 0.15) is 49.3 Å². The number of nitrogens with one attached hydrogen (secondary N) is 2. The van der Waals surface area contributed by atoms with Crippen LogP contribution in [0.2, 0.25) is 0 Å². The molecule has 0 saturated carbocycles. The molecule has 0 fully saturated rings. The molecular formula is C25H24BrN3O. The summed E-state index contributed by atoms with van der Waals surface area (Å²) in [6.07, 6.45) is 1.40. The minimum Gasteiger partial charge on any atom is -0.342 e. The Balaban J connectivity index is 1.74. The molecule has 152 valence electrons. The monoisotopic (exact) mass is 461 g/mol. The Morgan fingerprint density at radius 1 is 1.10 bits per heavy atom. The number of anilines is 1. The maximum atomic E-state index is 13.4. The summed E-state index contributed by atoms with van der Waals surface area (Å²) in [4.78, 5) is 13.4. The minimum atomic E-state index is -0.146. The Kier molecular flexibility index (Phi) is 4.47. The van der Waals surface area contributed by atoms with Crippen molar-refractivity contribution in [3.8, 4) is 11.3 Å². The van der Waals surface area contributed by atoms with Crippen molar-refractivity contribution in [2.24, 2.45) is 5.41 Å². The number of carbonyl (C=O) groups is 1. The second-order valence-electron chi connectivity index (χ2n) is 9.17. The van der Waals surface area contributed by atoms with Gasteiger partial charge >= 0.3 is 0 Å². The van der Waals surface area contributed by atoms with Crippen LogP contribution in [-0.4, -0.2) is 16.0 Å². The molecule has 2 N–H and O–H groups in total. The molecule has 0 unspecified atom stereocenters. The number of hydrogen-bond acceptors (Lipinski definition) is 3. The summed E-state index contributed by atoms with van der Waals surface area (Å²) in [6.45, 7) is 6.39.